The van der Waals surface area contributed by atoms with Gasteiger partial charge in [0, 0.05) is 29.2 Å². The zero-order valence-corrected chi connectivity index (χ0v) is 19.0. The molecule has 2 aromatic carbocycles. The topological polar surface area (TPSA) is 89.0 Å². The van der Waals surface area contributed by atoms with Crippen molar-refractivity contribution >= 4 is 34.7 Å². The lowest BCUT2D eigenvalue weighted by atomic mass is 9.95. The molecule has 4 rings (SSSR count). The van der Waals surface area contributed by atoms with Gasteiger partial charge in [0.25, 0.3) is 11.7 Å². The molecule has 1 atom stereocenters. The van der Waals surface area contributed by atoms with Crippen LogP contribution in [-0.2, 0) is 9.59 Å². The van der Waals surface area contributed by atoms with Crippen LogP contribution >= 0.6 is 11.6 Å². The number of methoxy groups -OCH3 is 2. The number of aryl methyl sites for hydroxylation is 1. The van der Waals surface area contributed by atoms with E-state index >= 15 is 0 Å². The summed E-state index contributed by atoms with van der Waals surface area (Å²) in [6, 6.07) is 12.4. The second-order valence-electron chi connectivity index (χ2n) is 7.45. The summed E-state index contributed by atoms with van der Waals surface area (Å²) in [6.45, 7) is 1.80. The summed E-state index contributed by atoms with van der Waals surface area (Å²) in [5.74, 6) is -1.08. The zero-order chi connectivity index (χ0) is 23.7. The number of hydrogen-bond acceptors (Lipinski definition) is 6. The van der Waals surface area contributed by atoms with E-state index < -0.39 is 17.7 Å². The molecule has 8 heteroatoms. The summed E-state index contributed by atoms with van der Waals surface area (Å²) in [5.41, 5.74) is 2.06. The van der Waals surface area contributed by atoms with Crippen molar-refractivity contribution in [1.29, 1.82) is 0 Å². The van der Waals surface area contributed by atoms with Crippen molar-refractivity contribution in [1.82, 2.24) is 4.98 Å². The Hall–Kier alpha value is -3.84. The van der Waals surface area contributed by atoms with Crippen molar-refractivity contribution < 1.29 is 24.2 Å². The Morgan fingerprint density at radius 1 is 1.03 bits per heavy atom. The number of aromatic nitrogens is 1. The number of aliphatic hydroxyl groups excluding tert-OH is 1. The van der Waals surface area contributed by atoms with Gasteiger partial charge in [-0.05, 0) is 60.5 Å². The first-order valence-electron chi connectivity index (χ1n) is 10.1. The maximum Gasteiger partial charge on any atom is 0.300 e. The fourth-order valence-electron chi connectivity index (χ4n) is 3.97. The molecule has 7 nitrogen and oxygen atoms in total. The van der Waals surface area contributed by atoms with Gasteiger partial charge < -0.3 is 14.6 Å². The number of aliphatic hydroxyl groups is 1. The molecular formula is C25H21ClN2O5. The van der Waals surface area contributed by atoms with Crippen LogP contribution in [0.25, 0.3) is 5.76 Å². The molecule has 1 saturated heterocycles. The van der Waals surface area contributed by atoms with E-state index in [1.165, 1.54) is 19.1 Å². The zero-order valence-electron chi connectivity index (χ0n) is 18.2. The number of ketones is 1. The molecule has 33 heavy (non-hydrogen) atoms. The number of carbonyl (C=O) groups is 2. The van der Waals surface area contributed by atoms with Crippen LogP contribution in [0, 0.1) is 6.92 Å². The highest BCUT2D eigenvalue weighted by Gasteiger charge is 2.47. The maximum absolute atomic E-state index is 13.3. The molecule has 1 amide bonds. The first-order valence-corrected chi connectivity index (χ1v) is 10.4. The second-order valence-corrected chi connectivity index (χ2v) is 7.88. The lowest BCUT2D eigenvalue weighted by Gasteiger charge is -2.27. The smallest absolute Gasteiger partial charge is 0.300 e. The monoisotopic (exact) mass is 464 g/mol. The normalized spacial score (nSPS) is 17.3. The van der Waals surface area contributed by atoms with Crippen LogP contribution in [0.3, 0.4) is 0 Å². The van der Waals surface area contributed by atoms with Crippen LogP contribution in [0.5, 0.6) is 11.5 Å². The molecule has 0 spiro atoms. The van der Waals surface area contributed by atoms with E-state index in [1.54, 1.807) is 67.8 Å². The lowest BCUT2D eigenvalue weighted by Crippen LogP contribution is -2.30. The van der Waals surface area contributed by atoms with Gasteiger partial charge in [0.05, 0.1) is 31.4 Å². The highest BCUT2D eigenvalue weighted by Crippen LogP contribution is 2.44. The van der Waals surface area contributed by atoms with E-state index in [-0.39, 0.29) is 16.9 Å². The number of rotatable bonds is 5. The average molecular weight is 465 g/mol. The molecule has 0 radical (unpaired) electrons. The predicted molar refractivity (Wildman–Crippen MR) is 125 cm³/mol. The van der Waals surface area contributed by atoms with Crippen LogP contribution in [0.2, 0.25) is 5.02 Å². The van der Waals surface area contributed by atoms with Crippen molar-refractivity contribution in [2.75, 3.05) is 19.1 Å². The van der Waals surface area contributed by atoms with Crippen molar-refractivity contribution in [3.63, 3.8) is 0 Å². The van der Waals surface area contributed by atoms with Crippen molar-refractivity contribution in [2.24, 2.45) is 0 Å². The molecular weight excluding hydrogens is 444 g/mol. The Morgan fingerprint density at radius 2 is 1.76 bits per heavy atom. The van der Waals surface area contributed by atoms with Gasteiger partial charge in [-0.3, -0.25) is 19.5 Å². The summed E-state index contributed by atoms with van der Waals surface area (Å²) in [6.07, 6.45) is 3.14. The number of benzene rings is 2. The van der Waals surface area contributed by atoms with Crippen molar-refractivity contribution in [3.8, 4) is 11.5 Å². The Kier molecular flexibility index (Phi) is 6.07. The number of Topliss-reactive ketones (excluding diaryl/α,β-unsaturated/α-hetero) is 1. The first-order chi connectivity index (χ1) is 15.9. The molecule has 1 unspecified atom stereocenters. The number of nitrogens with zero attached hydrogens (tertiary/aromatic N) is 2. The number of anilines is 1. The maximum atomic E-state index is 13.3. The van der Waals surface area contributed by atoms with Gasteiger partial charge >= 0.3 is 0 Å². The standard InChI is InChI=1S/C25H21ClN2O5/c1-14-12-16(26)4-7-19(14)28-22(15-8-10-27-11-9-15)21(24(30)25(28)31)23(29)18-6-5-17(32-2)13-20(18)33-3/h4-13,22,29H,1-3H3/b23-21-. The highest BCUT2D eigenvalue weighted by atomic mass is 35.5. The minimum absolute atomic E-state index is 0.0518. The molecule has 1 fully saturated rings. The quantitative estimate of drug-likeness (QED) is 0.335. The molecule has 3 aromatic rings. The van der Waals surface area contributed by atoms with Gasteiger partial charge in [-0.15, -0.1) is 0 Å². The third-order valence-corrected chi connectivity index (χ3v) is 5.78. The highest BCUT2D eigenvalue weighted by molar-refractivity contribution is 6.52. The molecule has 0 aliphatic carbocycles. The van der Waals surface area contributed by atoms with E-state index in [9.17, 15) is 14.7 Å². The van der Waals surface area contributed by atoms with E-state index in [1.807, 2.05) is 0 Å². The molecule has 0 saturated carbocycles. The summed E-state index contributed by atoms with van der Waals surface area (Å²) in [7, 11) is 2.96. The van der Waals surface area contributed by atoms with Gasteiger partial charge in [0.1, 0.15) is 17.3 Å². The number of carbonyl (C=O) groups excluding carboxylic acids is 2. The Bertz CT molecular complexity index is 1270. The molecule has 1 aliphatic heterocycles. The SMILES string of the molecule is COc1ccc(/C(O)=C2/C(=O)C(=O)N(c3ccc(Cl)cc3C)C2c2ccncc2)c(OC)c1. The largest absolute Gasteiger partial charge is 0.507 e. The van der Waals surface area contributed by atoms with E-state index in [4.69, 9.17) is 21.1 Å². The molecule has 1 aliphatic rings. The van der Waals surface area contributed by atoms with E-state index in [2.05, 4.69) is 4.98 Å². The van der Waals surface area contributed by atoms with E-state index in [0.29, 0.717) is 33.3 Å². The van der Waals surface area contributed by atoms with Crippen LogP contribution in [-0.4, -0.2) is 36.0 Å². The molecule has 168 valence electrons. The first kappa shape index (κ1) is 22.4. The van der Waals surface area contributed by atoms with Crippen molar-refractivity contribution in [3.05, 3.63) is 88.2 Å². The fraction of sp³-hybridized carbons (Fsp3) is 0.160. The average Bonchev–Trinajstić information content (AvgIpc) is 3.09. The van der Waals surface area contributed by atoms with Crippen molar-refractivity contribution in [2.45, 2.75) is 13.0 Å². The minimum Gasteiger partial charge on any atom is -0.507 e. The van der Waals surface area contributed by atoms with Gasteiger partial charge in [0.15, 0.2) is 0 Å². The summed E-state index contributed by atoms with van der Waals surface area (Å²) >= 11 is 6.11. The van der Waals surface area contributed by atoms with Gasteiger partial charge in [0.2, 0.25) is 0 Å². The van der Waals surface area contributed by atoms with Gasteiger partial charge in [-0.25, -0.2) is 0 Å². The summed E-state index contributed by atoms with van der Waals surface area (Å²) < 4.78 is 10.6. The van der Waals surface area contributed by atoms with Gasteiger partial charge in [-0.1, -0.05) is 11.6 Å². The third-order valence-electron chi connectivity index (χ3n) is 5.55. The third kappa shape index (κ3) is 3.91. The lowest BCUT2D eigenvalue weighted by molar-refractivity contribution is -0.132. The van der Waals surface area contributed by atoms with E-state index in [0.717, 1.165) is 0 Å². The fourth-order valence-corrected chi connectivity index (χ4v) is 4.20. The predicted octanol–water partition coefficient (Wildman–Crippen LogP) is 4.69. The molecule has 1 aromatic heterocycles. The Labute approximate surface area is 195 Å². The molecule has 0 bridgehead atoms. The van der Waals surface area contributed by atoms with Crippen LogP contribution in [0.1, 0.15) is 22.7 Å². The summed E-state index contributed by atoms with van der Waals surface area (Å²) in [5, 5.41) is 11.8. The van der Waals surface area contributed by atoms with Crippen LogP contribution < -0.4 is 14.4 Å². The summed E-state index contributed by atoms with van der Waals surface area (Å²) in [4.78, 5) is 31.9. The van der Waals surface area contributed by atoms with Crippen LogP contribution in [0.15, 0.2) is 66.5 Å². The number of amides is 1. The molecule has 2 heterocycles. The minimum atomic E-state index is -0.875. The number of hydrogen-bond donors (Lipinski definition) is 1. The number of halogens is 1. The second kappa shape index (κ2) is 8.96. The Balaban J connectivity index is 1.97. The number of ether oxygens (including phenoxy) is 2. The number of pyridine rings is 1. The van der Waals surface area contributed by atoms with Gasteiger partial charge in [-0.2, -0.15) is 0 Å². The Morgan fingerprint density at radius 3 is 2.39 bits per heavy atom. The van der Waals surface area contributed by atoms with Crippen LogP contribution in [0.4, 0.5) is 5.69 Å². The molecule has 1 N–H and O–H groups in total.